The van der Waals surface area contributed by atoms with Crippen LogP contribution in [0, 0.1) is 0 Å². The summed E-state index contributed by atoms with van der Waals surface area (Å²) in [5.41, 5.74) is 0. The lowest BCUT2D eigenvalue weighted by atomic mass is 9.95. The monoisotopic (exact) mass is 368 g/mol. The third-order valence-corrected chi connectivity index (χ3v) is 3.57. The fourth-order valence-electron chi connectivity index (χ4n) is 2.86. The van der Waals surface area contributed by atoms with Crippen LogP contribution < -0.4 is 24.0 Å². The number of hydrogen-bond acceptors (Lipinski definition) is 2. The minimum atomic E-state index is 0. The molecular formula is C13H25IN2O2. The molecule has 0 bridgehead atoms. The molecule has 0 aromatic heterocycles. The topological polar surface area (TPSA) is 29.5 Å². The number of quaternary nitrogens is 1. The second kappa shape index (κ2) is 6.52. The molecular weight excluding hydrogens is 343 g/mol. The van der Waals surface area contributed by atoms with Crippen LogP contribution in [0.2, 0.25) is 0 Å². The number of carbonyl (C=O) groups excluding carboxylic acids is 1. The van der Waals surface area contributed by atoms with Crippen molar-refractivity contribution in [1.29, 1.82) is 0 Å². The van der Waals surface area contributed by atoms with E-state index >= 15 is 0 Å². The SMILES string of the molecule is C[N+](C)(C)C[C@H]1CC(=O)N(C2CCCCC2)O1.[I-]. The summed E-state index contributed by atoms with van der Waals surface area (Å²) in [5.74, 6) is 0.190. The highest BCUT2D eigenvalue weighted by Gasteiger charge is 2.38. The molecule has 0 aromatic rings. The molecule has 106 valence electrons. The Morgan fingerprint density at radius 2 is 1.83 bits per heavy atom. The Hall–Kier alpha value is 0.120. The standard InChI is InChI=1S/C13H25N2O2.HI/c1-15(2,3)10-12-9-13(16)14(17-12)11-7-5-4-6-8-11;/h11-12H,4-10H2,1-3H3;1H/q+1;/p-1/t12-;/m1./s1. The number of hydrogen-bond donors (Lipinski definition) is 0. The predicted molar refractivity (Wildman–Crippen MR) is 66.1 cm³/mol. The maximum Gasteiger partial charge on any atom is 0.249 e. The van der Waals surface area contributed by atoms with Crippen LogP contribution >= 0.6 is 0 Å². The average Bonchev–Trinajstić information content (AvgIpc) is 2.58. The average molecular weight is 368 g/mol. The predicted octanol–water partition coefficient (Wildman–Crippen LogP) is -1.44. The van der Waals surface area contributed by atoms with E-state index in [0.29, 0.717) is 12.5 Å². The Morgan fingerprint density at radius 3 is 2.39 bits per heavy atom. The van der Waals surface area contributed by atoms with Gasteiger partial charge in [-0.2, -0.15) is 0 Å². The molecule has 0 unspecified atom stereocenters. The van der Waals surface area contributed by atoms with Gasteiger partial charge in [-0.05, 0) is 12.8 Å². The summed E-state index contributed by atoms with van der Waals surface area (Å²) < 4.78 is 0.844. The van der Waals surface area contributed by atoms with Crippen LogP contribution in [0.15, 0.2) is 0 Å². The van der Waals surface area contributed by atoms with Crippen molar-refractivity contribution in [1.82, 2.24) is 5.06 Å². The van der Waals surface area contributed by atoms with Gasteiger partial charge in [-0.15, -0.1) is 0 Å². The van der Waals surface area contributed by atoms with Crippen molar-refractivity contribution >= 4 is 5.91 Å². The van der Waals surface area contributed by atoms with E-state index in [1.807, 2.05) is 0 Å². The Kier molecular flexibility index (Phi) is 5.86. The van der Waals surface area contributed by atoms with Gasteiger partial charge in [0.25, 0.3) is 0 Å². The second-order valence-corrected chi connectivity index (χ2v) is 6.42. The first-order chi connectivity index (χ1) is 7.96. The number of carbonyl (C=O) groups is 1. The van der Waals surface area contributed by atoms with Crippen LogP contribution in [0.1, 0.15) is 38.5 Å². The van der Waals surface area contributed by atoms with Gasteiger partial charge in [-0.1, -0.05) is 19.3 Å². The molecule has 0 aromatic carbocycles. The van der Waals surface area contributed by atoms with Gasteiger partial charge in [0, 0.05) is 0 Å². The van der Waals surface area contributed by atoms with Gasteiger partial charge in [0.15, 0.2) is 0 Å². The first kappa shape index (κ1) is 16.2. The summed E-state index contributed by atoms with van der Waals surface area (Å²) in [6.45, 7) is 0.898. The highest BCUT2D eigenvalue weighted by atomic mass is 127. The van der Waals surface area contributed by atoms with Gasteiger partial charge in [0.1, 0.15) is 12.6 Å². The lowest BCUT2D eigenvalue weighted by Gasteiger charge is -2.31. The van der Waals surface area contributed by atoms with Gasteiger partial charge in [-0.25, -0.2) is 5.06 Å². The molecule has 0 spiro atoms. The van der Waals surface area contributed by atoms with Crippen LogP contribution in [0.4, 0.5) is 0 Å². The van der Waals surface area contributed by atoms with Gasteiger partial charge < -0.3 is 28.5 Å². The fraction of sp³-hybridized carbons (Fsp3) is 0.923. The highest BCUT2D eigenvalue weighted by molar-refractivity contribution is 5.77. The maximum atomic E-state index is 12.0. The Balaban J connectivity index is 0.00000162. The van der Waals surface area contributed by atoms with E-state index in [4.69, 9.17) is 4.84 Å². The summed E-state index contributed by atoms with van der Waals surface area (Å²) in [5, 5.41) is 1.69. The van der Waals surface area contributed by atoms with Gasteiger partial charge in [-0.3, -0.25) is 9.63 Å². The Labute approximate surface area is 127 Å². The van der Waals surface area contributed by atoms with Crippen LogP contribution in [0.25, 0.3) is 0 Å². The summed E-state index contributed by atoms with van der Waals surface area (Å²) in [6, 6.07) is 0.341. The normalized spacial score (nSPS) is 26.3. The van der Waals surface area contributed by atoms with E-state index in [-0.39, 0.29) is 36.0 Å². The third kappa shape index (κ3) is 4.35. The zero-order valence-corrected chi connectivity index (χ0v) is 13.9. The quantitative estimate of drug-likeness (QED) is 0.451. The molecule has 18 heavy (non-hydrogen) atoms. The first-order valence-electron chi connectivity index (χ1n) is 6.75. The lowest BCUT2D eigenvalue weighted by molar-refractivity contribution is -0.873. The van der Waals surface area contributed by atoms with Gasteiger partial charge in [0.2, 0.25) is 5.91 Å². The molecule has 2 fully saturated rings. The first-order valence-corrected chi connectivity index (χ1v) is 6.75. The fourth-order valence-corrected chi connectivity index (χ4v) is 2.86. The lowest BCUT2D eigenvalue weighted by Crippen LogP contribution is -3.00. The number of halogens is 1. The van der Waals surface area contributed by atoms with E-state index in [1.165, 1.54) is 19.3 Å². The smallest absolute Gasteiger partial charge is 0.249 e. The van der Waals surface area contributed by atoms with Crippen LogP contribution in [0.3, 0.4) is 0 Å². The molecule has 1 saturated carbocycles. The van der Waals surface area contributed by atoms with Crippen molar-refractivity contribution in [2.24, 2.45) is 0 Å². The van der Waals surface area contributed by atoms with Crippen LogP contribution in [-0.2, 0) is 9.63 Å². The number of amides is 1. The maximum absolute atomic E-state index is 12.0. The molecule has 1 aliphatic carbocycles. The van der Waals surface area contributed by atoms with Crippen molar-refractivity contribution in [3.05, 3.63) is 0 Å². The van der Waals surface area contributed by atoms with E-state index in [1.54, 1.807) is 5.06 Å². The van der Waals surface area contributed by atoms with E-state index in [2.05, 4.69) is 21.1 Å². The molecule has 2 aliphatic rings. The zero-order valence-electron chi connectivity index (χ0n) is 11.7. The van der Waals surface area contributed by atoms with E-state index < -0.39 is 0 Å². The largest absolute Gasteiger partial charge is 1.00 e. The summed E-state index contributed by atoms with van der Waals surface area (Å²) >= 11 is 0. The van der Waals surface area contributed by atoms with Crippen molar-refractivity contribution in [3.63, 3.8) is 0 Å². The minimum Gasteiger partial charge on any atom is -1.00 e. The molecule has 0 N–H and O–H groups in total. The van der Waals surface area contributed by atoms with Crippen molar-refractivity contribution in [2.75, 3.05) is 27.7 Å². The van der Waals surface area contributed by atoms with E-state index in [9.17, 15) is 4.79 Å². The Bertz CT molecular complexity index is 285. The van der Waals surface area contributed by atoms with E-state index in [0.717, 1.165) is 23.9 Å². The van der Waals surface area contributed by atoms with Crippen molar-refractivity contribution < 1.29 is 38.1 Å². The zero-order chi connectivity index (χ0) is 12.5. The summed E-state index contributed by atoms with van der Waals surface area (Å²) in [4.78, 5) is 17.8. The minimum absolute atomic E-state index is 0. The van der Waals surface area contributed by atoms with Crippen molar-refractivity contribution in [3.8, 4) is 0 Å². The van der Waals surface area contributed by atoms with Crippen LogP contribution in [0.5, 0.6) is 0 Å². The molecule has 1 saturated heterocycles. The number of hydroxylamine groups is 2. The van der Waals surface area contributed by atoms with Crippen LogP contribution in [-0.4, -0.2) is 55.3 Å². The molecule has 1 amide bonds. The number of nitrogens with zero attached hydrogens (tertiary/aromatic N) is 2. The summed E-state index contributed by atoms with van der Waals surface area (Å²) in [6.07, 6.45) is 6.64. The number of likely N-dealkylation sites (N-methyl/N-ethyl adjacent to an activating group) is 1. The van der Waals surface area contributed by atoms with Gasteiger partial charge in [0.05, 0.1) is 33.6 Å². The second-order valence-electron chi connectivity index (χ2n) is 6.42. The number of rotatable bonds is 3. The molecule has 1 heterocycles. The van der Waals surface area contributed by atoms with Crippen molar-refractivity contribution in [2.45, 2.75) is 50.7 Å². The Morgan fingerprint density at radius 1 is 1.22 bits per heavy atom. The molecule has 0 radical (unpaired) electrons. The molecule has 4 nitrogen and oxygen atoms in total. The highest BCUT2D eigenvalue weighted by Crippen LogP contribution is 2.28. The third-order valence-electron chi connectivity index (χ3n) is 3.57. The summed E-state index contributed by atoms with van der Waals surface area (Å²) in [7, 11) is 6.41. The van der Waals surface area contributed by atoms with Gasteiger partial charge >= 0.3 is 0 Å². The molecule has 2 rings (SSSR count). The molecule has 1 atom stereocenters. The molecule has 5 heteroatoms. The molecule has 1 aliphatic heterocycles.